The Morgan fingerprint density at radius 1 is 1.14 bits per heavy atom. The molecule has 2 aromatic rings. The van der Waals surface area contributed by atoms with Gasteiger partial charge in [0.1, 0.15) is 0 Å². The monoisotopic (exact) mass is 185 g/mol. The van der Waals surface area contributed by atoms with E-state index >= 15 is 0 Å². The Morgan fingerprint density at radius 3 is 2.64 bits per heavy atom. The Balaban J connectivity index is 2.75. The highest BCUT2D eigenvalue weighted by molar-refractivity contribution is 5.85. The second kappa shape index (κ2) is 3.41. The number of fused-ring (bicyclic) bond motifs is 1. The summed E-state index contributed by atoms with van der Waals surface area (Å²) in [6.45, 7) is 6.48. The minimum Gasteiger partial charge on any atom is -0.260 e. The fraction of sp³-hybridized carbons (Fsp3) is 0.308. The van der Waals surface area contributed by atoms with E-state index in [9.17, 15) is 0 Å². The summed E-state index contributed by atoms with van der Waals surface area (Å²) in [6.07, 6.45) is 1.90. The van der Waals surface area contributed by atoms with E-state index in [1.165, 1.54) is 22.0 Å². The minimum atomic E-state index is 0.487. The van der Waals surface area contributed by atoms with Crippen LogP contribution >= 0.6 is 0 Å². The third kappa shape index (κ3) is 1.50. The van der Waals surface area contributed by atoms with Gasteiger partial charge in [-0.15, -0.1) is 0 Å². The van der Waals surface area contributed by atoms with Crippen LogP contribution in [0.2, 0.25) is 0 Å². The van der Waals surface area contributed by atoms with Gasteiger partial charge in [0.2, 0.25) is 0 Å². The molecule has 0 spiro atoms. The summed E-state index contributed by atoms with van der Waals surface area (Å²) in [5, 5.41) is 2.58. The third-order valence-corrected chi connectivity index (χ3v) is 2.50. The van der Waals surface area contributed by atoms with Crippen LogP contribution in [0.25, 0.3) is 10.8 Å². The predicted molar refractivity (Wildman–Crippen MR) is 60.6 cm³/mol. The number of pyridine rings is 1. The summed E-state index contributed by atoms with van der Waals surface area (Å²) in [5.41, 5.74) is 2.50. The lowest BCUT2D eigenvalue weighted by Gasteiger charge is -2.08. The fourth-order valence-electron chi connectivity index (χ4n) is 1.78. The van der Waals surface area contributed by atoms with Crippen LogP contribution in [0.5, 0.6) is 0 Å². The van der Waals surface area contributed by atoms with Crippen LogP contribution in [0.3, 0.4) is 0 Å². The first-order valence-electron chi connectivity index (χ1n) is 5.04. The van der Waals surface area contributed by atoms with E-state index in [-0.39, 0.29) is 0 Å². The molecule has 1 heteroatoms. The molecule has 2 rings (SSSR count). The third-order valence-electron chi connectivity index (χ3n) is 2.50. The van der Waals surface area contributed by atoms with Crippen molar-refractivity contribution < 1.29 is 0 Å². The summed E-state index contributed by atoms with van der Waals surface area (Å²) in [6, 6.07) is 8.61. The number of nitrogens with zero attached hydrogens (tertiary/aromatic N) is 1. The lowest BCUT2D eigenvalue weighted by atomic mass is 10.0. The largest absolute Gasteiger partial charge is 0.260 e. The molecule has 72 valence electrons. The van der Waals surface area contributed by atoms with Crippen LogP contribution in [-0.2, 0) is 0 Å². The molecule has 0 saturated carbocycles. The standard InChI is InChI=1S/C13H15N/c1-9(2)13-12-5-4-10(3)8-11(12)6-7-14-13/h4-9H,1-3H3. The van der Waals surface area contributed by atoms with Gasteiger partial charge in [-0.2, -0.15) is 0 Å². The molecule has 0 aliphatic rings. The summed E-state index contributed by atoms with van der Waals surface area (Å²) in [7, 11) is 0. The van der Waals surface area contributed by atoms with Crippen molar-refractivity contribution in [2.24, 2.45) is 0 Å². The molecule has 1 nitrogen and oxygen atoms in total. The van der Waals surface area contributed by atoms with Gasteiger partial charge >= 0.3 is 0 Å². The zero-order chi connectivity index (χ0) is 10.1. The molecule has 0 saturated heterocycles. The lowest BCUT2D eigenvalue weighted by Crippen LogP contribution is -1.93. The van der Waals surface area contributed by atoms with Gasteiger partial charge in [-0.05, 0) is 24.3 Å². The van der Waals surface area contributed by atoms with Crippen molar-refractivity contribution in [1.29, 1.82) is 0 Å². The Morgan fingerprint density at radius 2 is 1.93 bits per heavy atom. The van der Waals surface area contributed by atoms with E-state index < -0.39 is 0 Å². The van der Waals surface area contributed by atoms with E-state index in [0.29, 0.717) is 5.92 Å². The van der Waals surface area contributed by atoms with Crippen molar-refractivity contribution in [3.05, 3.63) is 41.7 Å². The molecule has 0 fully saturated rings. The molecule has 14 heavy (non-hydrogen) atoms. The molecule has 0 bridgehead atoms. The molecule has 1 heterocycles. The quantitative estimate of drug-likeness (QED) is 0.660. The Kier molecular flexibility index (Phi) is 2.24. The summed E-state index contributed by atoms with van der Waals surface area (Å²) in [4.78, 5) is 4.44. The van der Waals surface area contributed by atoms with Crippen LogP contribution in [0.1, 0.15) is 31.0 Å². The van der Waals surface area contributed by atoms with Crippen molar-refractivity contribution in [3.8, 4) is 0 Å². The number of aryl methyl sites for hydroxylation is 1. The highest BCUT2D eigenvalue weighted by atomic mass is 14.7. The van der Waals surface area contributed by atoms with Crippen molar-refractivity contribution in [3.63, 3.8) is 0 Å². The molecule has 1 aromatic heterocycles. The Labute approximate surface area is 84.8 Å². The van der Waals surface area contributed by atoms with Gasteiger partial charge in [0.15, 0.2) is 0 Å². The van der Waals surface area contributed by atoms with E-state index in [2.05, 4.69) is 50.0 Å². The normalized spacial score (nSPS) is 11.1. The van der Waals surface area contributed by atoms with Gasteiger partial charge < -0.3 is 0 Å². The average Bonchev–Trinajstić information content (AvgIpc) is 2.16. The van der Waals surface area contributed by atoms with Gasteiger partial charge in [0.05, 0.1) is 5.69 Å². The van der Waals surface area contributed by atoms with E-state index in [1.54, 1.807) is 0 Å². The number of aromatic nitrogens is 1. The molecule has 0 unspecified atom stereocenters. The van der Waals surface area contributed by atoms with Crippen molar-refractivity contribution in [1.82, 2.24) is 4.98 Å². The fourth-order valence-corrected chi connectivity index (χ4v) is 1.78. The van der Waals surface area contributed by atoms with Gasteiger partial charge in [-0.3, -0.25) is 4.98 Å². The smallest absolute Gasteiger partial charge is 0.0507 e. The number of hydrogen-bond donors (Lipinski definition) is 0. The first kappa shape index (κ1) is 9.20. The molecule has 0 amide bonds. The van der Waals surface area contributed by atoms with Crippen molar-refractivity contribution in [2.75, 3.05) is 0 Å². The Bertz CT molecular complexity index is 458. The first-order chi connectivity index (χ1) is 6.68. The van der Waals surface area contributed by atoms with Crippen LogP contribution in [0.4, 0.5) is 0 Å². The minimum absolute atomic E-state index is 0.487. The average molecular weight is 185 g/mol. The van der Waals surface area contributed by atoms with Crippen LogP contribution < -0.4 is 0 Å². The zero-order valence-electron chi connectivity index (χ0n) is 8.91. The molecule has 0 radical (unpaired) electrons. The summed E-state index contributed by atoms with van der Waals surface area (Å²) in [5.74, 6) is 0.487. The van der Waals surface area contributed by atoms with Gasteiger partial charge in [-0.25, -0.2) is 0 Å². The predicted octanol–water partition coefficient (Wildman–Crippen LogP) is 3.67. The summed E-state index contributed by atoms with van der Waals surface area (Å²) < 4.78 is 0. The SMILES string of the molecule is Cc1ccc2c(C(C)C)nccc2c1. The first-order valence-corrected chi connectivity index (χ1v) is 5.04. The number of rotatable bonds is 1. The van der Waals surface area contributed by atoms with Crippen LogP contribution in [-0.4, -0.2) is 4.98 Å². The van der Waals surface area contributed by atoms with Crippen LogP contribution in [0, 0.1) is 6.92 Å². The van der Waals surface area contributed by atoms with Crippen molar-refractivity contribution in [2.45, 2.75) is 26.7 Å². The van der Waals surface area contributed by atoms with Gasteiger partial charge in [0, 0.05) is 11.6 Å². The molecular formula is C13H15N. The maximum Gasteiger partial charge on any atom is 0.0507 e. The number of benzene rings is 1. The zero-order valence-corrected chi connectivity index (χ0v) is 8.91. The van der Waals surface area contributed by atoms with E-state index in [1.807, 2.05) is 6.20 Å². The van der Waals surface area contributed by atoms with Crippen molar-refractivity contribution >= 4 is 10.8 Å². The van der Waals surface area contributed by atoms with Crippen LogP contribution in [0.15, 0.2) is 30.5 Å². The van der Waals surface area contributed by atoms with E-state index in [0.717, 1.165) is 0 Å². The molecule has 1 aromatic carbocycles. The molecule has 0 atom stereocenters. The highest BCUT2D eigenvalue weighted by Crippen LogP contribution is 2.23. The highest BCUT2D eigenvalue weighted by Gasteiger charge is 2.05. The number of hydrogen-bond acceptors (Lipinski definition) is 1. The lowest BCUT2D eigenvalue weighted by molar-refractivity contribution is 0.834. The maximum absolute atomic E-state index is 4.44. The topological polar surface area (TPSA) is 12.9 Å². The maximum atomic E-state index is 4.44. The second-order valence-electron chi connectivity index (χ2n) is 4.08. The van der Waals surface area contributed by atoms with Gasteiger partial charge in [-0.1, -0.05) is 37.6 Å². The second-order valence-corrected chi connectivity index (χ2v) is 4.08. The van der Waals surface area contributed by atoms with E-state index in [4.69, 9.17) is 0 Å². The molecule has 0 aliphatic heterocycles. The molecular weight excluding hydrogens is 170 g/mol. The molecule has 0 N–H and O–H groups in total. The summed E-state index contributed by atoms with van der Waals surface area (Å²) >= 11 is 0. The molecule has 0 aliphatic carbocycles. The van der Waals surface area contributed by atoms with Gasteiger partial charge in [0.25, 0.3) is 0 Å². The Hall–Kier alpha value is -1.37.